The third-order valence-corrected chi connectivity index (χ3v) is 2.15. The lowest BCUT2D eigenvalue weighted by molar-refractivity contribution is -0.392. The van der Waals surface area contributed by atoms with Crippen LogP contribution in [0, 0.1) is 17.0 Å². The first-order chi connectivity index (χ1) is 8.56. The van der Waals surface area contributed by atoms with Crippen LogP contribution in [0.4, 0.5) is 5.82 Å². The van der Waals surface area contributed by atoms with Gasteiger partial charge in [0.25, 0.3) is 0 Å². The van der Waals surface area contributed by atoms with E-state index in [1.807, 2.05) is 0 Å². The van der Waals surface area contributed by atoms with Crippen LogP contribution in [0.2, 0.25) is 0 Å². The van der Waals surface area contributed by atoms with E-state index in [4.69, 9.17) is 30.8 Å². The molecule has 110 valence electrons. The summed E-state index contributed by atoms with van der Waals surface area (Å²) in [7, 11) is -4.64. The summed E-state index contributed by atoms with van der Waals surface area (Å²) in [5.74, 6) is 0.391. The number of aliphatic hydroxyl groups is 1. The Morgan fingerprint density at radius 2 is 2.05 bits per heavy atom. The Bertz CT molecular complexity index is 465. The van der Waals surface area contributed by atoms with E-state index in [0.717, 1.165) is 6.20 Å². The molecule has 1 aromatic rings. The number of hydrogen-bond donors (Lipinski definition) is 4. The molecule has 0 saturated carbocycles. The molecule has 0 bridgehead atoms. The average molecular weight is 318 g/mol. The molecule has 0 aromatic carbocycles. The van der Waals surface area contributed by atoms with Crippen LogP contribution in [-0.2, 0) is 11.1 Å². The van der Waals surface area contributed by atoms with Crippen LogP contribution in [0.5, 0.6) is 0 Å². The van der Waals surface area contributed by atoms with Gasteiger partial charge in [-0.15, -0.1) is 11.6 Å². The lowest BCUT2D eigenvalue weighted by atomic mass is 10.4. The molecule has 0 aliphatic rings. The number of nitrogens with zero attached hydrogens (tertiary/aromatic N) is 3. The summed E-state index contributed by atoms with van der Waals surface area (Å²) < 4.78 is 10.2. The number of halogens is 1. The molecular weight excluding hydrogens is 305 g/mol. The van der Waals surface area contributed by atoms with E-state index in [-0.39, 0.29) is 18.2 Å². The molecular formula is C7H13ClN3O7P. The standard InChI is InChI=1S/C7H10ClN3O3.H3O4P/c1-5-9-3-7(11(13)14)10(5)4-6(12)2-8;1-5(2,3)4/h3,6,12H,2,4H2,1H3;(H3,1,2,3,4). The molecule has 0 amide bonds. The van der Waals surface area contributed by atoms with Crippen LogP contribution >= 0.6 is 19.4 Å². The summed E-state index contributed by atoms with van der Waals surface area (Å²) in [6, 6.07) is 0. The van der Waals surface area contributed by atoms with Crippen molar-refractivity contribution in [3.63, 3.8) is 0 Å². The van der Waals surface area contributed by atoms with Crippen molar-refractivity contribution in [1.29, 1.82) is 0 Å². The predicted molar refractivity (Wildman–Crippen MR) is 64.6 cm³/mol. The summed E-state index contributed by atoms with van der Waals surface area (Å²) in [5, 5.41) is 19.8. The maximum Gasteiger partial charge on any atom is 0.466 e. The highest BCUT2D eigenvalue weighted by molar-refractivity contribution is 7.45. The highest BCUT2D eigenvalue weighted by Gasteiger charge is 2.19. The van der Waals surface area contributed by atoms with Crippen molar-refractivity contribution >= 4 is 25.2 Å². The smallest absolute Gasteiger partial charge is 0.388 e. The molecule has 0 spiro atoms. The van der Waals surface area contributed by atoms with Crippen molar-refractivity contribution < 1.29 is 29.3 Å². The monoisotopic (exact) mass is 317 g/mol. The number of aromatic nitrogens is 2. The van der Waals surface area contributed by atoms with E-state index in [2.05, 4.69) is 4.98 Å². The topological polar surface area (TPSA) is 159 Å². The Labute approximate surface area is 112 Å². The third-order valence-electron chi connectivity index (χ3n) is 1.79. The van der Waals surface area contributed by atoms with Crippen LogP contribution in [0.15, 0.2) is 6.20 Å². The number of rotatable bonds is 4. The van der Waals surface area contributed by atoms with Crippen molar-refractivity contribution in [3.8, 4) is 0 Å². The van der Waals surface area contributed by atoms with Crippen molar-refractivity contribution in [1.82, 2.24) is 9.55 Å². The molecule has 19 heavy (non-hydrogen) atoms. The Hall–Kier alpha value is -1.03. The van der Waals surface area contributed by atoms with Gasteiger partial charge in [0.1, 0.15) is 18.8 Å². The quantitative estimate of drug-likeness (QED) is 0.256. The maximum absolute atomic E-state index is 10.5. The third kappa shape index (κ3) is 7.88. The Morgan fingerprint density at radius 3 is 2.42 bits per heavy atom. The normalized spacial score (nSPS) is 12.5. The molecule has 1 unspecified atom stereocenters. The number of imidazole rings is 1. The zero-order valence-corrected chi connectivity index (χ0v) is 11.4. The molecule has 0 saturated heterocycles. The van der Waals surface area contributed by atoms with Crippen LogP contribution < -0.4 is 0 Å². The largest absolute Gasteiger partial charge is 0.466 e. The summed E-state index contributed by atoms with van der Waals surface area (Å²) >= 11 is 5.40. The molecule has 0 radical (unpaired) electrons. The lowest BCUT2D eigenvalue weighted by Crippen LogP contribution is -2.19. The predicted octanol–water partition coefficient (Wildman–Crippen LogP) is -0.229. The van der Waals surface area contributed by atoms with Gasteiger partial charge in [-0.05, 0) is 4.92 Å². The van der Waals surface area contributed by atoms with E-state index < -0.39 is 18.8 Å². The minimum Gasteiger partial charge on any atom is -0.388 e. The molecule has 0 aliphatic carbocycles. The summed E-state index contributed by atoms with van der Waals surface area (Å²) in [5.41, 5.74) is 0. The maximum atomic E-state index is 10.5. The molecule has 0 fully saturated rings. The van der Waals surface area contributed by atoms with Crippen molar-refractivity contribution in [3.05, 3.63) is 22.1 Å². The van der Waals surface area contributed by atoms with Crippen LogP contribution in [0.3, 0.4) is 0 Å². The van der Waals surface area contributed by atoms with Crippen molar-refractivity contribution in [2.24, 2.45) is 0 Å². The van der Waals surface area contributed by atoms with Gasteiger partial charge in [-0.25, -0.2) is 14.1 Å². The van der Waals surface area contributed by atoms with Gasteiger partial charge >= 0.3 is 13.6 Å². The summed E-state index contributed by atoms with van der Waals surface area (Å²) in [6.07, 6.45) is 0.360. The van der Waals surface area contributed by atoms with Gasteiger partial charge in [0, 0.05) is 6.92 Å². The minimum atomic E-state index is -4.64. The second-order valence-corrected chi connectivity index (χ2v) is 4.69. The fourth-order valence-corrected chi connectivity index (χ4v) is 1.18. The van der Waals surface area contributed by atoms with Crippen molar-refractivity contribution in [2.45, 2.75) is 19.6 Å². The zero-order valence-electron chi connectivity index (χ0n) is 9.75. The van der Waals surface area contributed by atoms with Crippen LogP contribution in [-0.4, -0.2) is 46.2 Å². The molecule has 4 N–H and O–H groups in total. The fraction of sp³-hybridized carbons (Fsp3) is 0.571. The molecule has 1 rings (SSSR count). The molecule has 10 nitrogen and oxygen atoms in total. The highest BCUT2D eigenvalue weighted by atomic mass is 35.5. The first-order valence-corrected chi connectivity index (χ1v) is 6.85. The van der Waals surface area contributed by atoms with Gasteiger partial charge < -0.3 is 29.9 Å². The molecule has 1 atom stereocenters. The van der Waals surface area contributed by atoms with Crippen LogP contribution in [0.25, 0.3) is 0 Å². The van der Waals surface area contributed by atoms with E-state index in [1.54, 1.807) is 6.92 Å². The van der Waals surface area contributed by atoms with Gasteiger partial charge in [-0.3, -0.25) is 0 Å². The van der Waals surface area contributed by atoms with E-state index in [0.29, 0.717) is 5.82 Å². The summed E-state index contributed by atoms with van der Waals surface area (Å²) in [4.78, 5) is 35.3. The Morgan fingerprint density at radius 1 is 1.58 bits per heavy atom. The number of aryl methyl sites for hydroxylation is 1. The van der Waals surface area contributed by atoms with Crippen molar-refractivity contribution in [2.75, 3.05) is 5.88 Å². The second kappa shape index (κ2) is 7.53. The van der Waals surface area contributed by atoms with Gasteiger partial charge in [-0.2, -0.15) is 0 Å². The molecule has 1 heterocycles. The first-order valence-electron chi connectivity index (χ1n) is 4.75. The molecule has 1 aromatic heterocycles. The fourth-order valence-electron chi connectivity index (χ4n) is 1.09. The van der Waals surface area contributed by atoms with E-state index in [9.17, 15) is 15.2 Å². The average Bonchev–Trinajstić information content (AvgIpc) is 2.58. The van der Waals surface area contributed by atoms with E-state index in [1.165, 1.54) is 4.57 Å². The Balaban J connectivity index is 0.000000555. The highest BCUT2D eigenvalue weighted by Crippen LogP contribution is 2.25. The number of phosphoric acid groups is 1. The second-order valence-electron chi connectivity index (χ2n) is 3.35. The van der Waals surface area contributed by atoms with E-state index >= 15 is 0 Å². The number of aliphatic hydroxyl groups excluding tert-OH is 1. The minimum absolute atomic E-state index is 0.0365. The number of alkyl halides is 1. The zero-order chi connectivity index (χ0) is 15.2. The van der Waals surface area contributed by atoms with Gasteiger partial charge in [0.15, 0.2) is 5.82 Å². The number of nitro groups is 1. The Kier molecular flexibility index (Phi) is 7.12. The molecule has 0 aliphatic heterocycles. The molecule has 12 heteroatoms. The lowest BCUT2D eigenvalue weighted by Gasteiger charge is -2.06. The SMILES string of the molecule is Cc1ncc([N+](=O)[O-])n1CC(O)CCl.O=P(O)(O)O. The van der Waals surface area contributed by atoms with Gasteiger partial charge in [0.05, 0.1) is 5.88 Å². The van der Waals surface area contributed by atoms with Gasteiger partial charge in [0.2, 0.25) is 0 Å². The number of hydrogen-bond acceptors (Lipinski definition) is 5. The summed E-state index contributed by atoms with van der Waals surface area (Å²) in [6.45, 7) is 1.72. The van der Waals surface area contributed by atoms with Crippen LogP contribution in [0.1, 0.15) is 5.82 Å². The van der Waals surface area contributed by atoms with Gasteiger partial charge in [-0.1, -0.05) is 0 Å². The first kappa shape index (κ1) is 18.0.